The number of esters is 2. The lowest BCUT2D eigenvalue weighted by molar-refractivity contribution is -0.176. The summed E-state index contributed by atoms with van der Waals surface area (Å²) in [5.74, 6) is 9.17. The van der Waals surface area contributed by atoms with Crippen molar-refractivity contribution in [2.75, 3.05) is 29.6 Å². The van der Waals surface area contributed by atoms with E-state index in [0.29, 0.717) is 6.04 Å². The molecule has 78 heavy (non-hydrogen) atoms. The molecule has 2 unspecified atom stereocenters. The summed E-state index contributed by atoms with van der Waals surface area (Å²) in [5.41, 5.74) is -0.328. The zero-order valence-corrected chi connectivity index (χ0v) is 52.6. The topological polar surface area (TPSA) is 84.9 Å². The van der Waals surface area contributed by atoms with Crippen LogP contribution < -0.4 is 15.7 Å². The average Bonchev–Trinajstić information content (AvgIpc) is 3.63. The number of nitrogens with one attached hydrogen (secondary N) is 1. The van der Waals surface area contributed by atoms with E-state index in [-0.39, 0.29) is 40.0 Å². The third kappa shape index (κ3) is 17.4. The van der Waals surface area contributed by atoms with Crippen molar-refractivity contribution in [2.24, 2.45) is 46.3 Å². The molecule has 2 aromatic rings. The highest BCUT2D eigenvalue weighted by Crippen LogP contribution is 2.62. The minimum atomic E-state index is -2.99. The van der Waals surface area contributed by atoms with Crippen LogP contribution in [0.1, 0.15) is 246 Å². The molecule has 8 bridgehead atoms. The minimum absolute atomic E-state index is 0.0667. The van der Waals surface area contributed by atoms with Gasteiger partial charge in [0.15, 0.2) is 0 Å². The van der Waals surface area contributed by atoms with Gasteiger partial charge in [-0.15, -0.1) is 0 Å². The van der Waals surface area contributed by atoms with Crippen LogP contribution in [0.2, 0.25) is 5.04 Å². The normalized spacial score (nSPS) is 27.2. The average molecular weight is 1130 g/mol. The lowest BCUT2D eigenvalue weighted by Crippen LogP contribution is -2.65. The van der Waals surface area contributed by atoms with Crippen molar-refractivity contribution in [3.05, 3.63) is 60.7 Å². The molecular weight excluding hydrogens is 1010 g/mol. The van der Waals surface area contributed by atoms with Crippen molar-refractivity contribution in [3.63, 3.8) is 0 Å². The maximum atomic E-state index is 14.0. The number of thioether (sulfide) groups is 2. The van der Waals surface area contributed by atoms with Gasteiger partial charge in [0.25, 0.3) is 8.32 Å². The molecule has 8 aliphatic carbocycles. The summed E-state index contributed by atoms with van der Waals surface area (Å²) in [7, 11) is -2.99. The van der Waals surface area contributed by atoms with Crippen LogP contribution in [0.4, 0.5) is 0 Å². The molecule has 8 saturated carbocycles. The Morgan fingerprint density at radius 3 is 1.31 bits per heavy atom. The fourth-order valence-electron chi connectivity index (χ4n) is 17.2. The molecule has 0 heterocycles. The number of ether oxygens (including phenoxy) is 2. The standard InChI is InChI=1S/C69H111NO5S2Si/c1-5-7-9-18-30-61(74-65(71)68-46-54-40-55(47-68)42-56(41-54)48-68)52-76-38-26-13-16-28-60(70-37-25-15-24-36-67(3,4)78(73,63-32-20-11-21-33-63)64-34-22-12-23-35-64)29-17-14-27-39-77-53-62(31-19-10-8-6-2)75-66(72)69-49-57-43-58(50-69)45-59(44-57)51-69/h11-12,20-23,32-35,54-62,70,73H,5-10,13-19,24-31,36-53H2,1-4H3. The largest absolute Gasteiger partial charge is 0.461 e. The van der Waals surface area contributed by atoms with Crippen LogP contribution in [0.25, 0.3) is 0 Å². The van der Waals surface area contributed by atoms with Crippen LogP contribution in [0, 0.1) is 46.3 Å². The van der Waals surface area contributed by atoms with Crippen molar-refractivity contribution in [3.8, 4) is 0 Å². The Balaban J connectivity index is 0.774. The highest BCUT2D eigenvalue weighted by Gasteiger charge is 2.57. The van der Waals surface area contributed by atoms with Gasteiger partial charge in [-0.05, 0) is 210 Å². The van der Waals surface area contributed by atoms with E-state index in [0.717, 1.165) is 146 Å². The summed E-state index contributed by atoms with van der Waals surface area (Å²) in [4.78, 5) is 40.7. The summed E-state index contributed by atoms with van der Waals surface area (Å²) < 4.78 is 13.1. The smallest absolute Gasteiger partial charge is 0.312 e. The van der Waals surface area contributed by atoms with Crippen molar-refractivity contribution >= 4 is 54.2 Å². The van der Waals surface area contributed by atoms with Gasteiger partial charge in [0, 0.05) is 17.5 Å². The highest BCUT2D eigenvalue weighted by molar-refractivity contribution is 7.99. The molecule has 10 rings (SSSR count). The first-order valence-corrected chi connectivity index (χ1v) is 37.3. The molecule has 2 atom stereocenters. The second-order valence-corrected chi connectivity index (χ2v) is 34.0. The second kappa shape index (κ2) is 31.2. The van der Waals surface area contributed by atoms with Crippen LogP contribution in [0.15, 0.2) is 60.7 Å². The highest BCUT2D eigenvalue weighted by atomic mass is 32.2. The number of hydrogen-bond acceptors (Lipinski definition) is 8. The van der Waals surface area contributed by atoms with Crippen molar-refractivity contribution < 1.29 is 23.9 Å². The Morgan fingerprint density at radius 2 is 0.910 bits per heavy atom. The van der Waals surface area contributed by atoms with Crippen molar-refractivity contribution in [1.29, 1.82) is 0 Å². The summed E-state index contributed by atoms with van der Waals surface area (Å²) in [5, 5.41) is 6.08. The molecular formula is C69H111NO5S2Si. The van der Waals surface area contributed by atoms with Crippen LogP contribution in [0.5, 0.6) is 0 Å². The number of carbonyl (C=O) groups is 2. The first-order valence-electron chi connectivity index (χ1n) is 33.1. The molecule has 0 saturated heterocycles. The van der Waals surface area contributed by atoms with Gasteiger partial charge >= 0.3 is 11.9 Å². The van der Waals surface area contributed by atoms with Gasteiger partial charge in [0.1, 0.15) is 12.2 Å². The zero-order valence-electron chi connectivity index (χ0n) is 49.9. The van der Waals surface area contributed by atoms with Crippen molar-refractivity contribution in [2.45, 2.75) is 269 Å². The summed E-state index contributed by atoms with van der Waals surface area (Å²) in [6.45, 7) is 10.2. The number of hydrogen-bond donors (Lipinski definition) is 2. The summed E-state index contributed by atoms with van der Waals surface area (Å²) >= 11 is 4.07. The van der Waals surface area contributed by atoms with Crippen LogP contribution >= 0.6 is 23.5 Å². The van der Waals surface area contributed by atoms with E-state index in [9.17, 15) is 14.4 Å². The maximum Gasteiger partial charge on any atom is 0.312 e. The molecule has 2 N–H and O–H groups in total. The SMILES string of the molecule is CCCCCCC(CSCCCCCC(CCCCCSCC(CCCCCC)OC(=O)C12CC3CC(CC(C3)C1)C2)NCCCCCC(C)(C)[Si](O)(c1ccccc1)c1ccccc1)OC(=O)C12CC3CC(CC(C3)C1)C2. The predicted octanol–water partition coefficient (Wildman–Crippen LogP) is 16.8. The molecule has 8 aliphatic rings. The molecule has 8 fully saturated rings. The van der Waals surface area contributed by atoms with E-state index in [1.165, 1.54) is 148 Å². The van der Waals surface area contributed by atoms with Crippen molar-refractivity contribution in [1.82, 2.24) is 5.32 Å². The van der Waals surface area contributed by atoms with E-state index >= 15 is 0 Å². The van der Waals surface area contributed by atoms with Gasteiger partial charge in [-0.25, -0.2) is 0 Å². The van der Waals surface area contributed by atoms with E-state index in [2.05, 4.69) is 93.7 Å². The first-order chi connectivity index (χ1) is 37.9. The number of benzene rings is 2. The number of carbonyl (C=O) groups excluding carboxylic acids is 2. The van der Waals surface area contributed by atoms with Gasteiger partial charge < -0.3 is 19.6 Å². The van der Waals surface area contributed by atoms with Crippen LogP contribution in [-0.4, -0.2) is 72.9 Å². The Bertz CT molecular complexity index is 1850. The van der Waals surface area contributed by atoms with Gasteiger partial charge in [0.2, 0.25) is 0 Å². The first kappa shape index (κ1) is 62.3. The second-order valence-electron chi connectivity index (χ2n) is 27.8. The van der Waals surface area contributed by atoms with Gasteiger partial charge in [-0.2, -0.15) is 23.5 Å². The predicted molar refractivity (Wildman–Crippen MR) is 334 cm³/mol. The van der Waals surface area contributed by atoms with Crippen LogP contribution in [-0.2, 0) is 19.1 Å². The van der Waals surface area contributed by atoms with E-state index in [1.54, 1.807) is 0 Å². The van der Waals surface area contributed by atoms with E-state index < -0.39 is 8.32 Å². The number of unbranched alkanes of at least 4 members (excludes halogenated alkanes) is 12. The Hall–Kier alpha value is -1.78. The van der Waals surface area contributed by atoms with Gasteiger partial charge in [-0.3, -0.25) is 9.59 Å². The fraction of sp³-hybridized carbons (Fsp3) is 0.797. The molecule has 0 aliphatic heterocycles. The molecule has 0 aromatic heterocycles. The van der Waals surface area contributed by atoms with E-state index in [4.69, 9.17) is 9.47 Å². The zero-order chi connectivity index (χ0) is 54.7. The molecule has 9 heteroatoms. The van der Waals surface area contributed by atoms with Gasteiger partial charge in [-0.1, -0.05) is 165 Å². The Morgan fingerprint density at radius 1 is 0.538 bits per heavy atom. The molecule has 2 aromatic carbocycles. The lowest BCUT2D eigenvalue weighted by atomic mass is 9.49. The molecule has 0 spiro atoms. The minimum Gasteiger partial charge on any atom is -0.461 e. The Labute approximate surface area is 486 Å². The third-order valence-electron chi connectivity index (χ3n) is 20.8. The molecule has 6 nitrogen and oxygen atoms in total. The lowest BCUT2D eigenvalue weighted by Gasteiger charge is -2.55. The van der Waals surface area contributed by atoms with Gasteiger partial charge in [0.05, 0.1) is 10.8 Å². The summed E-state index contributed by atoms with van der Waals surface area (Å²) in [6, 6.07) is 21.5. The molecule has 0 radical (unpaired) electrons. The quantitative estimate of drug-likeness (QED) is 0.0388. The van der Waals surface area contributed by atoms with E-state index in [1.807, 2.05) is 23.5 Å². The fourth-order valence-corrected chi connectivity index (χ4v) is 23.1. The van der Waals surface area contributed by atoms with Crippen LogP contribution in [0.3, 0.4) is 0 Å². The molecule has 0 amide bonds. The third-order valence-corrected chi connectivity index (χ3v) is 27.7. The Kier molecular flexibility index (Phi) is 24.9. The summed E-state index contributed by atoms with van der Waals surface area (Å²) in [6.07, 6.45) is 41.2. The maximum absolute atomic E-state index is 14.0. The number of rotatable bonds is 40. The molecule has 438 valence electrons. The monoisotopic (exact) mass is 1130 g/mol.